The summed E-state index contributed by atoms with van der Waals surface area (Å²) in [5.74, 6) is 0.237. The number of methoxy groups -OCH3 is 1. The van der Waals surface area contributed by atoms with Crippen molar-refractivity contribution in [1.82, 2.24) is 0 Å². The Balaban J connectivity index is 1.65. The van der Waals surface area contributed by atoms with E-state index in [9.17, 15) is 9.59 Å². The van der Waals surface area contributed by atoms with Crippen LogP contribution in [0.2, 0.25) is 0 Å². The molecule has 0 bridgehead atoms. The van der Waals surface area contributed by atoms with E-state index in [0.29, 0.717) is 6.54 Å². The van der Waals surface area contributed by atoms with E-state index in [2.05, 4.69) is 12.2 Å². The van der Waals surface area contributed by atoms with Gasteiger partial charge in [-0.1, -0.05) is 19.1 Å². The van der Waals surface area contributed by atoms with Gasteiger partial charge in [0, 0.05) is 24.3 Å². The first kappa shape index (κ1) is 17.0. The highest BCUT2D eigenvalue weighted by molar-refractivity contribution is 6.03. The van der Waals surface area contributed by atoms with Crippen molar-refractivity contribution < 1.29 is 14.3 Å². The lowest BCUT2D eigenvalue weighted by Crippen LogP contribution is -2.28. The van der Waals surface area contributed by atoms with E-state index in [4.69, 9.17) is 4.74 Å². The highest BCUT2D eigenvalue weighted by Gasteiger charge is 2.35. The lowest BCUT2D eigenvalue weighted by atomic mass is 10.1. The molecule has 2 aromatic rings. The SMILES string of the molecule is CCc1ccc(NC(=O)[C@@H]2CC(=O)N(c3ccc(OC)cc3)C2)cc1. The molecule has 25 heavy (non-hydrogen) atoms. The van der Waals surface area contributed by atoms with Gasteiger partial charge in [0.2, 0.25) is 11.8 Å². The van der Waals surface area contributed by atoms with Crippen LogP contribution < -0.4 is 15.0 Å². The first-order chi connectivity index (χ1) is 12.1. The second-order valence-corrected chi connectivity index (χ2v) is 6.14. The Labute approximate surface area is 147 Å². The minimum absolute atomic E-state index is 0.0355. The Bertz CT molecular complexity index is 754. The molecule has 0 saturated carbocycles. The quantitative estimate of drug-likeness (QED) is 0.910. The van der Waals surface area contributed by atoms with E-state index in [1.165, 1.54) is 5.56 Å². The normalized spacial score (nSPS) is 16.8. The molecule has 3 rings (SSSR count). The van der Waals surface area contributed by atoms with Gasteiger partial charge in [-0.2, -0.15) is 0 Å². The number of rotatable bonds is 5. The number of anilines is 2. The molecule has 130 valence electrons. The lowest BCUT2D eigenvalue weighted by molar-refractivity contribution is -0.122. The molecule has 1 aliphatic heterocycles. The summed E-state index contributed by atoms with van der Waals surface area (Å²) in [7, 11) is 1.60. The number of hydrogen-bond acceptors (Lipinski definition) is 3. The van der Waals surface area contributed by atoms with Crippen LogP contribution in [0.3, 0.4) is 0 Å². The Morgan fingerprint density at radius 2 is 1.84 bits per heavy atom. The van der Waals surface area contributed by atoms with Crippen molar-refractivity contribution in [3.8, 4) is 5.75 Å². The number of ether oxygens (including phenoxy) is 1. The van der Waals surface area contributed by atoms with Crippen LogP contribution in [0.1, 0.15) is 18.9 Å². The van der Waals surface area contributed by atoms with Crippen LogP contribution in [0.4, 0.5) is 11.4 Å². The molecule has 2 amide bonds. The molecule has 1 atom stereocenters. The molecule has 0 unspecified atom stereocenters. The third-order valence-corrected chi connectivity index (χ3v) is 4.51. The molecule has 0 radical (unpaired) electrons. The van der Waals surface area contributed by atoms with Crippen molar-refractivity contribution in [2.75, 3.05) is 23.9 Å². The van der Waals surface area contributed by atoms with Crippen LogP contribution in [0.5, 0.6) is 5.75 Å². The van der Waals surface area contributed by atoms with Crippen LogP contribution >= 0.6 is 0 Å². The molecule has 1 N–H and O–H groups in total. The van der Waals surface area contributed by atoms with E-state index in [0.717, 1.165) is 23.5 Å². The summed E-state index contributed by atoms with van der Waals surface area (Å²) in [5, 5.41) is 2.91. The fraction of sp³-hybridized carbons (Fsp3) is 0.300. The first-order valence-corrected chi connectivity index (χ1v) is 8.45. The minimum Gasteiger partial charge on any atom is -0.497 e. The van der Waals surface area contributed by atoms with Gasteiger partial charge in [-0.15, -0.1) is 0 Å². The topological polar surface area (TPSA) is 58.6 Å². The number of carbonyl (C=O) groups is 2. The van der Waals surface area contributed by atoms with Crippen LogP contribution in [-0.4, -0.2) is 25.5 Å². The van der Waals surface area contributed by atoms with Crippen LogP contribution in [-0.2, 0) is 16.0 Å². The zero-order valence-corrected chi connectivity index (χ0v) is 14.5. The maximum absolute atomic E-state index is 12.5. The average molecular weight is 338 g/mol. The average Bonchev–Trinajstić information content (AvgIpc) is 3.04. The van der Waals surface area contributed by atoms with Crippen molar-refractivity contribution in [2.24, 2.45) is 5.92 Å². The Hall–Kier alpha value is -2.82. The number of nitrogens with zero attached hydrogens (tertiary/aromatic N) is 1. The first-order valence-electron chi connectivity index (χ1n) is 8.45. The Morgan fingerprint density at radius 1 is 1.16 bits per heavy atom. The summed E-state index contributed by atoms with van der Waals surface area (Å²) in [6.45, 7) is 2.48. The summed E-state index contributed by atoms with van der Waals surface area (Å²) in [6, 6.07) is 15.1. The second-order valence-electron chi connectivity index (χ2n) is 6.14. The largest absolute Gasteiger partial charge is 0.497 e. The van der Waals surface area contributed by atoms with Gasteiger partial charge in [0.05, 0.1) is 13.0 Å². The van der Waals surface area contributed by atoms with Gasteiger partial charge < -0.3 is 15.0 Å². The van der Waals surface area contributed by atoms with E-state index < -0.39 is 0 Å². The maximum atomic E-state index is 12.5. The molecule has 0 aliphatic carbocycles. The van der Waals surface area contributed by atoms with Crippen molar-refractivity contribution in [3.63, 3.8) is 0 Å². The monoisotopic (exact) mass is 338 g/mol. The van der Waals surface area contributed by atoms with E-state index in [-0.39, 0.29) is 24.2 Å². The molecule has 2 aromatic carbocycles. The van der Waals surface area contributed by atoms with E-state index in [1.807, 2.05) is 48.5 Å². The number of benzene rings is 2. The Kier molecular flexibility index (Phi) is 5.03. The number of hydrogen-bond donors (Lipinski definition) is 1. The zero-order chi connectivity index (χ0) is 17.8. The summed E-state index contributed by atoms with van der Waals surface area (Å²) in [5.41, 5.74) is 2.77. The van der Waals surface area contributed by atoms with Crippen molar-refractivity contribution in [1.29, 1.82) is 0 Å². The predicted molar refractivity (Wildman–Crippen MR) is 97.9 cm³/mol. The zero-order valence-electron chi connectivity index (χ0n) is 14.5. The standard InChI is InChI=1S/C20H22N2O3/c1-3-14-4-6-16(7-5-14)21-20(24)15-12-19(23)22(13-15)17-8-10-18(25-2)11-9-17/h4-11,15H,3,12-13H2,1-2H3,(H,21,24)/t15-/m1/s1. The van der Waals surface area contributed by atoms with E-state index >= 15 is 0 Å². The summed E-state index contributed by atoms with van der Waals surface area (Å²) < 4.78 is 5.13. The van der Waals surface area contributed by atoms with Crippen LogP contribution in [0.15, 0.2) is 48.5 Å². The van der Waals surface area contributed by atoms with E-state index in [1.54, 1.807) is 12.0 Å². The van der Waals surface area contributed by atoms with Gasteiger partial charge in [0.15, 0.2) is 0 Å². The van der Waals surface area contributed by atoms with Crippen LogP contribution in [0, 0.1) is 5.92 Å². The molecule has 5 nitrogen and oxygen atoms in total. The minimum atomic E-state index is -0.347. The number of carbonyl (C=O) groups excluding carboxylic acids is 2. The number of nitrogens with one attached hydrogen (secondary N) is 1. The third-order valence-electron chi connectivity index (χ3n) is 4.51. The van der Waals surface area contributed by atoms with Gasteiger partial charge in [-0.05, 0) is 48.4 Å². The highest BCUT2D eigenvalue weighted by atomic mass is 16.5. The lowest BCUT2D eigenvalue weighted by Gasteiger charge is -2.17. The van der Waals surface area contributed by atoms with Crippen molar-refractivity contribution >= 4 is 23.2 Å². The predicted octanol–water partition coefficient (Wildman–Crippen LogP) is 3.25. The molecule has 1 fully saturated rings. The Morgan fingerprint density at radius 3 is 2.44 bits per heavy atom. The third kappa shape index (κ3) is 3.82. The second kappa shape index (κ2) is 7.38. The molecular weight excluding hydrogens is 316 g/mol. The molecule has 5 heteroatoms. The van der Waals surface area contributed by atoms with Gasteiger partial charge in [0.1, 0.15) is 5.75 Å². The fourth-order valence-corrected chi connectivity index (χ4v) is 2.96. The van der Waals surface area contributed by atoms with Gasteiger partial charge in [0.25, 0.3) is 0 Å². The summed E-state index contributed by atoms with van der Waals surface area (Å²) in [6.07, 6.45) is 1.19. The maximum Gasteiger partial charge on any atom is 0.229 e. The number of aryl methyl sites for hydroxylation is 1. The molecule has 0 spiro atoms. The fourth-order valence-electron chi connectivity index (χ4n) is 2.96. The smallest absolute Gasteiger partial charge is 0.229 e. The van der Waals surface area contributed by atoms with Crippen molar-refractivity contribution in [3.05, 3.63) is 54.1 Å². The van der Waals surface area contributed by atoms with Gasteiger partial charge in [-0.25, -0.2) is 0 Å². The van der Waals surface area contributed by atoms with Crippen LogP contribution in [0.25, 0.3) is 0 Å². The molecule has 1 aliphatic rings. The van der Waals surface area contributed by atoms with Crippen molar-refractivity contribution in [2.45, 2.75) is 19.8 Å². The highest BCUT2D eigenvalue weighted by Crippen LogP contribution is 2.27. The van der Waals surface area contributed by atoms with Gasteiger partial charge >= 0.3 is 0 Å². The molecule has 1 saturated heterocycles. The summed E-state index contributed by atoms with van der Waals surface area (Å²) >= 11 is 0. The number of amides is 2. The molecular formula is C20H22N2O3. The molecule has 1 heterocycles. The molecule has 0 aromatic heterocycles. The van der Waals surface area contributed by atoms with Gasteiger partial charge in [-0.3, -0.25) is 9.59 Å². The summed E-state index contributed by atoms with van der Waals surface area (Å²) in [4.78, 5) is 26.4.